The predicted octanol–water partition coefficient (Wildman–Crippen LogP) is 1.74. The number of nitrogens with one attached hydrogen (secondary N) is 3. The van der Waals surface area contributed by atoms with Gasteiger partial charge in [-0.3, -0.25) is 14.3 Å². The van der Waals surface area contributed by atoms with Gasteiger partial charge in [0.05, 0.1) is 23.5 Å². The number of carbonyl (C=O) groups is 2. The van der Waals surface area contributed by atoms with Gasteiger partial charge in [-0.1, -0.05) is 23.2 Å². The first-order valence-corrected chi connectivity index (χ1v) is 7.84. The number of aryl methyl sites for hydroxylation is 1. The standard InChI is InChI=1S/C15H17Cl2N5O2/c1-18-14(9-6-20-22(2)8-9)15(24)19-7-13(23)21-12-5-10(16)3-4-11(12)17/h3-6,8,14,18H,7H2,1-2H3,(H,19,24)(H,21,23). The molecule has 0 aliphatic heterocycles. The molecule has 2 rings (SSSR count). The zero-order chi connectivity index (χ0) is 17.7. The van der Waals surface area contributed by atoms with Crippen LogP contribution in [0, 0.1) is 0 Å². The Labute approximate surface area is 149 Å². The molecule has 1 aromatic carbocycles. The van der Waals surface area contributed by atoms with Gasteiger partial charge < -0.3 is 16.0 Å². The molecule has 1 atom stereocenters. The molecule has 0 radical (unpaired) electrons. The summed E-state index contributed by atoms with van der Waals surface area (Å²) in [5, 5.41) is 12.9. The summed E-state index contributed by atoms with van der Waals surface area (Å²) in [6.07, 6.45) is 3.32. The molecule has 1 heterocycles. The number of rotatable bonds is 6. The summed E-state index contributed by atoms with van der Waals surface area (Å²) in [5.41, 5.74) is 1.09. The highest BCUT2D eigenvalue weighted by Gasteiger charge is 2.20. The van der Waals surface area contributed by atoms with Crippen LogP contribution in [0.25, 0.3) is 0 Å². The fraction of sp³-hybridized carbons (Fsp3) is 0.267. The molecular weight excluding hydrogens is 353 g/mol. The monoisotopic (exact) mass is 369 g/mol. The highest BCUT2D eigenvalue weighted by molar-refractivity contribution is 6.35. The molecule has 0 aliphatic carbocycles. The van der Waals surface area contributed by atoms with Crippen molar-refractivity contribution >= 4 is 40.7 Å². The van der Waals surface area contributed by atoms with Crippen molar-refractivity contribution in [1.29, 1.82) is 0 Å². The summed E-state index contributed by atoms with van der Waals surface area (Å²) in [6, 6.07) is 4.14. The lowest BCUT2D eigenvalue weighted by molar-refractivity contribution is -0.125. The lowest BCUT2D eigenvalue weighted by Gasteiger charge is -2.14. The minimum absolute atomic E-state index is 0.194. The van der Waals surface area contributed by atoms with E-state index in [1.807, 2.05) is 0 Å². The highest BCUT2D eigenvalue weighted by atomic mass is 35.5. The fourth-order valence-corrected chi connectivity index (χ4v) is 2.43. The number of anilines is 1. The molecule has 0 fully saturated rings. The van der Waals surface area contributed by atoms with E-state index in [0.29, 0.717) is 21.3 Å². The molecule has 2 amide bonds. The van der Waals surface area contributed by atoms with Gasteiger partial charge in [-0.15, -0.1) is 0 Å². The minimum atomic E-state index is -0.596. The van der Waals surface area contributed by atoms with Crippen molar-refractivity contribution in [3.63, 3.8) is 0 Å². The quantitative estimate of drug-likeness (QED) is 0.723. The minimum Gasteiger partial charge on any atom is -0.345 e. The van der Waals surface area contributed by atoms with Crippen molar-refractivity contribution in [2.24, 2.45) is 7.05 Å². The van der Waals surface area contributed by atoms with Gasteiger partial charge in [0.1, 0.15) is 6.04 Å². The third-order valence-corrected chi connectivity index (χ3v) is 3.80. The summed E-state index contributed by atoms with van der Waals surface area (Å²) in [6.45, 7) is -0.194. The normalized spacial score (nSPS) is 11.8. The molecule has 1 unspecified atom stereocenters. The summed E-state index contributed by atoms with van der Waals surface area (Å²) < 4.78 is 1.60. The van der Waals surface area contributed by atoms with E-state index in [4.69, 9.17) is 23.2 Å². The fourth-order valence-electron chi connectivity index (χ4n) is 2.10. The van der Waals surface area contributed by atoms with Gasteiger partial charge in [0.2, 0.25) is 11.8 Å². The van der Waals surface area contributed by atoms with Gasteiger partial charge in [-0.2, -0.15) is 5.10 Å². The molecular formula is C15H17Cl2N5O2. The van der Waals surface area contributed by atoms with Crippen LogP contribution in [0.15, 0.2) is 30.6 Å². The van der Waals surface area contributed by atoms with Gasteiger partial charge in [-0.05, 0) is 25.2 Å². The zero-order valence-corrected chi connectivity index (χ0v) is 14.6. The number of hydrogen-bond acceptors (Lipinski definition) is 4. The van der Waals surface area contributed by atoms with Gasteiger partial charge in [0.25, 0.3) is 0 Å². The molecule has 3 N–H and O–H groups in total. The van der Waals surface area contributed by atoms with Crippen LogP contribution in [-0.4, -0.2) is 35.2 Å². The Hall–Kier alpha value is -2.09. The second kappa shape index (κ2) is 8.14. The Morgan fingerprint density at radius 1 is 1.33 bits per heavy atom. The second-order valence-electron chi connectivity index (χ2n) is 5.06. The molecule has 2 aromatic rings. The van der Waals surface area contributed by atoms with Gasteiger partial charge in [-0.25, -0.2) is 0 Å². The van der Waals surface area contributed by atoms with E-state index in [0.717, 1.165) is 0 Å². The largest absolute Gasteiger partial charge is 0.345 e. The van der Waals surface area contributed by atoms with Crippen molar-refractivity contribution in [2.75, 3.05) is 18.9 Å². The Morgan fingerprint density at radius 2 is 2.08 bits per heavy atom. The highest BCUT2D eigenvalue weighted by Crippen LogP contribution is 2.25. The molecule has 9 heteroatoms. The van der Waals surface area contributed by atoms with E-state index >= 15 is 0 Å². The number of hydrogen-bond donors (Lipinski definition) is 3. The topological polar surface area (TPSA) is 88.1 Å². The van der Waals surface area contributed by atoms with E-state index in [1.54, 1.807) is 43.3 Å². The van der Waals surface area contributed by atoms with Crippen molar-refractivity contribution < 1.29 is 9.59 Å². The smallest absolute Gasteiger partial charge is 0.243 e. The first kappa shape index (κ1) is 18.3. The number of amides is 2. The Morgan fingerprint density at radius 3 is 2.71 bits per heavy atom. The Kier molecular flexibility index (Phi) is 6.19. The van der Waals surface area contributed by atoms with Crippen LogP contribution in [0.1, 0.15) is 11.6 Å². The number of nitrogens with zero attached hydrogens (tertiary/aromatic N) is 2. The maximum absolute atomic E-state index is 12.2. The molecule has 1 aromatic heterocycles. The van der Waals surface area contributed by atoms with Crippen LogP contribution in [0.5, 0.6) is 0 Å². The van der Waals surface area contributed by atoms with Crippen LogP contribution >= 0.6 is 23.2 Å². The van der Waals surface area contributed by atoms with Gasteiger partial charge >= 0.3 is 0 Å². The zero-order valence-electron chi connectivity index (χ0n) is 13.1. The van der Waals surface area contributed by atoms with E-state index in [2.05, 4.69) is 21.0 Å². The average molecular weight is 370 g/mol. The van der Waals surface area contributed by atoms with Gasteiger partial charge in [0, 0.05) is 23.8 Å². The summed E-state index contributed by atoms with van der Waals surface area (Å²) in [4.78, 5) is 24.2. The van der Waals surface area contributed by atoms with Crippen molar-refractivity contribution in [1.82, 2.24) is 20.4 Å². The molecule has 0 aliphatic rings. The van der Waals surface area contributed by atoms with Gasteiger partial charge in [0.15, 0.2) is 0 Å². The second-order valence-corrected chi connectivity index (χ2v) is 5.90. The van der Waals surface area contributed by atoms with E-state index < -0.39 is 11.9 Å². The molecule has 0 spiro atoms. The van der Waals surface area contributed by atoms with Crippen LogP contribution < -0.4 is 16.0 Å². The lowest BCUT2D eigenvalue weighted by atomic mass is 10.1. The molecule has 0 saturated carbocycles. The number of aromatic nitrogens is 2. The molecule has 24 heavy (non-hydrogen) atoms. The van der Waals surface area contributed by atoms with E-state index in [-0.39, 0.29) is 12.5 Å². The third-order valence-electron chi connectivity index (χ3n) is 3.23. The molecule has 128 valence electrons. The first-order chi connectivity index (χ1) is 11.4. The van der Waals surface area contributed by atoms with Crippen LogP contribution in [0.3, 0.4) is 0 Å². The van der Waals surface area contributed by atoms with Crippen molar-refractivity contribution in [2.45, 2.75) is 6.04 Å². The van der Waals surface area contributed by atoms with Crippen LogP contribution in [0.2, 0.25) is 10.0 Å². The molecule has 7 nitrogen and oxygen atoms in total. The van der Waals surface area contributed by atoms with Crippen LogP contribution in [-0.2, 0) is 16.6 Å². The SMILES string of the molecule is CNC(C(=O)NCC(=O)Nc1cc(Cl)ccc1Cl)c1cnn(C)c1. The lowest BCUT2D eigenvalue weighted by Crippen LogP contribution is -2.39. The summed E-state index contributed by atoms with van der Waals surface area (Å²) >= 11 is 11.8. The number of likely N-dealkylation sites (N-methyl/N-ethyl adjacent to an activating group) is 1. The number of benzene rings is 1. The van der Waals surface area contributed by atoms with Crippen LogP contribution in [0.4, 0.5) is 5.69 Å². The van der Waals surface area contributed by atoms with Crippen molar-refractivity contribution in [3.8, 4) is 0 Å². The number of halogens is 2. The molecule has 0 bridgehead atoms. The Balaban J connectivity index is 1.93. The Bertz CT molecular complexity index is 747. The number of carbonyl (C=O) groups excluding carboxylic acids is 2. The third kappa shape index (κ3) is 4.70. The maximum Gasteiger partial charge on any atom is 0.243 e. The average Bonchev–Trinajstić information content (AvgIpc) is 2.96. The van der Waals surface area contributed by atoms with Crippen molar-refractivity contribution in [3.05, 3.63) is 46.2 Å². The van der Waals surface area contributed by atoms with E-state index in [1.165, 1.54) is 6.07 Å². The summed E-state index contributed by atoms with van der Waals surface area (Å²) in [5.74, 6) is -0.744. The maximum atomic E-state index is 12.2. The predicted molar refractivity (Wildman–Crippen MR) is 93.1 cm³/mol. The van der Waals surface area contributed by atoms with E-state index in [9.17, 15) is 9.59 Å². The molecule has 0 saturated heterocycles. The first-order valence-electron chi connectivity index (χ1n) is 7.09. The summed E-state index contributed by atoms with van der Waals surface area (Å²) in [7, 11) is 3.42.